The van der Waals surface area contributed by atoms with E-state index in [-0.39, 0.29) is 22.9 Å². The van der Waals surface area contributed by atoms with Crippen molar-refractivity contribution in [3.63, 3.8) is 0 Å². The summed E-state index contributed by atoms with van der Waals surface area (Å²) in [6, 6.07) is 5.23. The van der Waals surface area contributed by atoms with Crippen LogP contribution in [0, 0.1) is 126 Å². The van der Waals surface area contributed by atoms with Gasteiger partial charge in [0.05, 0.1) is 5.69 Å². The molecule has 0 saturated heterocycles. The molecule has 2 aromatic rings. The number of ether oxygens (including phenoxy) is 1. The molecule has 0 radical (unpaired) electrons. The number of nitrogens with one attached hydrogen (secondary N) is 1. The number of terminal acetylenes is 1. The number of nitrogens with zero attached hydrogens (tertiary/aromatic N) is 2. The number of anilines is 1. The van der Waals surface area contributed by atoms with Crippen LogP contribution in [0.2, 0.25) is 0 Å². The minimum Gasteiger partial charge on any atom is -0.476 e. The normalized spacial score (nSPS) is 13.4. The lowest BCUT2D eigenvalue weighted by atomic mass is 9.78. The largest absolute Gasteiger partial charge is 0.476 e. The van der Waals surface area contributed by atoms with Crippen LogP contribution in [-0.2, 0) is 9.59 Å². The minimum atomic E-state index is -1.36. The maximum Gasteiger partial charge on any atom is 0.356 e. The zero-order valence-electron chi connectivity index (χ0n) is 27.3. The summed E-state index contributed by atoms with van der Waals surface area (Å²) in [6.07, 6.45) is 16.6. The first-order chi connectivity index (χ1) is 24.3. The SMILES string of the molecule is C#CC#CC#CC#CC#CC#CC#CC#CC#COc1ccccc1NC(=O)C(C(=O)C1(CC2CCCCC2)CC1)n1cc(C)c(C(=O)O)n1. The fourth-order valence-corrected chi connectivity index (χ4v) is 5.53. The van der Waals surface area contributed by atoms with Gasteiger partial charge in [-0.3, -0.25) is 14.3 Å². The van der Waals surface area contributed by atoms with Crippen molar-refractivity contribution >= 4 is 23.3 Å². The first-order valence-electron chi connectivity index (χ1n) is 15.7. The van der Waals surface area contributed by atoms with Gasteiger partial charge in [-0.1, -0.05) is 44.2 Å². The summed E-state index contributed by atoms with van der Waals surface area (Å²) in [6.45, 7) is 1.58. The van der Waals surface area contributed by atoms with Crippen LogP contribution in [0.1, 0.15) is 73.5 Å². The molecule has 1 heterocycles. The van der Waals surface area contributed by atoms with E-state index in [2.05, 4.69) is 111 Å². The Labute approximate surface area is 292 Å². The summed E-state index contributed by atoms with van der Waals surface area (Å²) in [7, 11) is 0. The Morgan fingerprint density at radius 2 is 1.46 bits per heavy atom. The molecule has 8 nitrogen and oxygen atoms in total. The lowest BCUT2D eigenvalue weighted by Crippen LogP contribution is -2.38. The number of hydrogen-bond acceptors (Lipinski definition) is 5. The number of carboxylic acids is 1. The van der Waals surface area contributed by atoms with Gasteiger partial charge in [0, 0.05) is 64.5 Å². The number of para-hydroxylation sites is 2. The van der Waals surface area contributed by atoms with Crippen molar-refractivity contribution < 1.29 is 24.2 Å². The van der Waals surface area contributed by atoms with E-state index in [9.17, 15) is 19.5 Å². The number of carbonyl (C=O) groups excluding carboxylic acids is 2. The van der Waals surface area contributed by atoms with Crippen molar-refractivity contribution in [2.75, 3.05) is 5.32 Å². The topological polar surface area (TPSA) is 111 Å². The second kappa shape index (κ2) is 18.3. The highest BCUT2D eigenvalue weighted by atomic mass is 16.5. The van der Waals surface area contributed by atoms with Crippen LogP contribution in [-0.4, -0.2) is 32.5 Å². The summed E-state index contributed by atoms with van der Waals surface area (Å²) in [5, 5.41) is 16.5. The van der Waals surface area contributed by atoms with Crippen molar-refractivity contribution in [3.05, 3.63) is 41.7 Å². The van der Waals surface area contributed by atoms with Gasteiger partial charge in [0.2, 0.25) is 0 Å². The Hall–Kier alpha value is -7.12. The highest BCUT2D eigenvalue weighted by molar-refractivity contribution is 6.12. The summed E-state index contributed by atoms with van der Waals surface area (Å²) in [5.74, 6) is 37.8. The smallest absolute Gasteiger partial charge is 0.356 e. The third-order valence-corrected chi connectivity index (χ3v) is 7.96. The predicted molar refractivity (Wildman–Crippen MR) is 188 cm³/mol. The second-order valence-electron chi connectivity index (χ2n) is 11.4. The standard InChI is InChI=1S/C42H29N3O5/c1-3-4-5-6-7-8-9-10-11-12-13-14-15-16-17-23-30-50-36-27-22-21-26-35(36)43-40(47)38(45-32-33(2)37(44-45)41(48)49)39(46)42(28-29-42)31-34-24-19-18-20-25-34/h1,21-22,26-27,32,34,38H,18-20,24-25,28-29,31H2,2H3,(H,43,47)(H,48,49). The molecule has 0 bridgehead atoms. The molecule has 50 heavy (non-hydrogen) atoms. The Kier molecular flexibility index (Phi) is 13.1. The maximum atomic E-state index is 14.2. The van der Waals surface area contributed by atoms with Crippen LogP contribution >= 0.6 is 0 Å². The number of carbonyl (C=O) groups is 3. The van der Waals surface area contributed by atoms with Crippen molar-refractivity contribution in [2.24, 2.45) is 11.3 Å². The third-order valence-electron chi connectivity index (χ3n) is 7.96. The highest BCUT2D eigenvalue weighted by Crippen LogP contribution is 2.55. The van der Waals surface area contributed by atoms with Crippen LogP contribution in [0.25, 0.3) is 0 Å². The van der Waals surface area contributed by atoms with Gasteiger partial charge in [-0.15, -0.1) is 6.42 Å². The number of aryl methyl sites for hydroxylation is 1. The summed E-state index contributed by atoms with van der Waals surface area (Å²) in [4.78, 5) is 39.8. The maximum absolute atomic E-state index is 14.2. The van der Waals surface area contributed by atoms with E-state index in [4.69, 9.17) is 11.2 Å². The van der Waals surface area contributed by atoms with Crippen molar-refractivity contribution in [1.82, 2.24) is 9.78 Å². The van der Waals surface area contributed by atoms with Gasteiger partial charge in [0.1, 0.15) is 6.11 Å². The molecular weight excluding hydrogens is 626 g/mol. The minimum absolute atomic E-state index is 0.213. The molecule has 4 rings (SSSR count). The van der Waals surface area contributed by atoms with E-state index in [0.717, 1.165) is 32.1 Å². The van der Waals surface area contributed by atoms with Crippen LogP contribution in [0.15, 0.2) is 30.5 Å². The van der Waals surface area contributed by atoms with Crippen LogP contribution in [0.4, 0.5) is 5.69 Å². The summed E-state index contributed by atoms with van der Waals surface area (Å²) in [5.41, 5.74) is -0.225. The first kappa shape index (κ1) is 35.7. The first-order valence-corrected chi connectivity index (χ1v) is 15.7. The van der Waals surface area contributed by atoms with Gasteiger partial charge in [0.25, 0.3) is 5.91 Å². The van der Waals surface area contributed by atoms with Crippen molar-refractivity contribution in [2.45, 2.75) is 64.3 Å². The molecule has 1 unspecified atom stereocenters. The number of carboxylic acid groups (broad SMARTS) is 1. The lowest BCUT2D eigenvalue weighted by molar-refractivity contribution is -0.134. The Morgan fingerprint density at radius 3 is 2.00 bits per heavy atom. The Morgan fingerprint density at radius 1 is 0.900 bits per heavy atom. The molecular formula is C42H29N3O5. The molecule has 1 aromatic carbocycles. The average Bonchev–Trinajstić information content (AvgIpc) is 3.79. The van der Waals surface area contributed by atoms with Gasteiger partial charge in [-0.05, 0) is 91.6 Å². The summed E-state index contributed by atoms with van der Waals surface area (Å²) >= 11 is 0. The molecule has 0 spiro atoms. The molecule has 2 aliphatic rings. The molecule has 2 aliphatic carbocycles. The monoisotopic (exact) mass is 655 g/mol. The van der Waals surface area contributed by atoms with E-state index in [0.29, 0.717) is 24.3 Å². The molecule has 2 fully saturated rings. The summed E-state index contributed by atoms with van der Waals surface area (Å²) < 4.78 is 6.72. The van der Waals surface area contributed by atoms with Crippen LogP contribution < -0.4 is 10.1 Å². The predicted octanol–water partition coefficient (Wildman–Crippen LogP) is 4.39. The third kappa shape index (κ3) is 10.4. The number of Topliss-reactive ketones (excluding diaryl/α,β-unsaturated/α-hetero) is 1. The Balaban J connectivity index is 1.44. The van der Waals surface area contributed by atoms with Crippen molar-refractivity contribution in [1.29, 1.82) is 0 Å². The number of aromatic nitrogens is 2. The number of ketones is 1. The van der Waals surface area contributed by atoms with E-state index in [1.807, 2.05) is 0 Å². The number of benzene rings is 1. The number of rotatable bonds is 9. The van der Waals surface area contributed by atoms with Crippen LogP contribution in [0.5, 0.6) is 5.75 Å². The van der Waals surface area contributed by atoms with E-state index in [1.165, 1.54) is 17.3 Å². The van der Waals surface area contributed by atoms with Gasteiger partial charge in [-0.2, -0.15) is 5.10 Å². The van der Waals surface area contributed by atoms with Crippen molar-refractivity contribution in [3.8, 4) is 113 Å². The molecule has 242 valence electrons. The zero-order valence-corrected chi connectivity index (χ0v) is 27.3. The molecule has 1 atom stereocenters. The van der Waals surface area contributed by atoms with Gasteiger partial charge < -0.3 is 15.2 Å². The molecule has 1 aromatic heterocycles. The fourth-order valence-electron chi connectivity index (χ4n) is 5.53. The second-order valence-corrected chi connectivity index (χ2v) is 11.4. The molecule has 0 aliphatic heterocycles. The number of aromatic carboxylic acids is 1. The quantitative estimate of drug-likeness (QED) is 0.307. The Bertz CT molecular complexity index is 2240. The molecule has 2 N–H and O–H groups in total. The molecule has 1 amide bonds. The van der Waals surface area contributed by atoms with E-state index < -0.39 is 23.3 Å². The van der Waals surface area contributed by atoms with E-state index >= 15 is 0 Å². The number of amides is 1. The lowest BCUT2D eigenvalue weighted by Gasteiger charge is -2.28. The molecule has 2 saturated carbocycles. The van der Waals surface area contributed by atoms with Gasteiger partial charge in [0.15, 0.2) is 23.3 Å². The van der Waals surface area contributed by atoms with E-state index in [1.54, 1.807) is 31.2 Å². The number of hydrogen-bond donors (Lipinski definition) is 2. The highest BCUT2D eigenvalue weighted by Gasteiger charge is 2.54. The average molecular weight is 656 g/mol. The zero-order chi connectivity index (χ0) is 35.6. The molecule has 8 heteroatoms. The fraction of sp³-hybridized carbons (Fsp3) is 0.286. The van der Waals surface area contributed by atoms with Crippen LogP contribution in [0.3, 0.4) is 0 Å². The van der Waals surface area contributed by atoms with Gasteiger partial charge >= 0.3 is 5.97 Å². The van der Waals surface area contributed by atoms with Gasteiger partial charge in [-0.25, -0.2) is 4.79 Å².